The van der Waals surface area contributed by atoms with Crippen molar-refractivity contribution in [1.82, 2.24) is 4.90 Å². The predicted octanol–water partition coefficient (Wildman–Crippen LogP) is 5.43. The maximum Gasteiger partial charge on any atom is 0.257 e. The number of carbonyl (C=O) groups excluding carboxylic acids is 2. The van der Waals surface area contributed by atoms with E-state index < -0.39 is 0 Å². The van der Waals surface area contributed by atoms with Crippen LogP contribution in [-0.2, 0) is 0 Å². The molecule has 2 heterocycles. The van der Waals surface area contributed by atoms with E-state index in [0.29, 0.717) is 26.9 Å². The van der Waals surface area contributed by atoms with Crippen LogP contribution in [0.15, 0.2) is 36.4 Å². The van der Waals surface area contributed by atoms with E-state index in [2.05, 4.69) is 17.1 Å². The number of amides is 2. The van der Waals surface area contributed by atoms with E-state index in [9.17, 15) is 9.59 Å². The highest BCUT2D eigenvalue weighted by molar-refractivity contribution is 6.42. The van der Waals surface area contributed by atoms with E-state index in [0.717, 1.165) is 44.5 Å². The second-order valence-corrected chi connectivity index (χ2v) is 8.24. The molecule has 29 heavy (non-hydrogen) atoms. The standard InChI is InChI=1S/C22H23Cl2N3O2/c1-2-26-19-12-14(21(28)25-15-8-10-17(23)18(24)13-15)7-9-16(19)22(29)27-11-5-3-4-6-20(26)27/h7-10,12-13,20H,2-6,11H2,1H3,(H,25,28). The fraction of sp³-hybridized carbons (Fsp3) is 0.364. The molecular formula is C22H23Cl2N3O2. The van der Waals surface area contributed by atoms with E-state index in [1.807, 2.05) is 11.0 Å². The molecule has 0 aliphatic carbocycles. The molecule has 1 unspecified atom stereocenters. The molecule has 4 rings (SSSR count). The Hall–Kier alpha value is -2.24. The summed E-state index contributed by atoms with van der Waals surface area (Å²) in [5, 5.41) is 3.66. The maximum atomic E-state index is 13.1. The van der Waals surface area contributed by atoms with Crippen LogP contribution in [0.3, 0.4) is 0 Å². The molecule has 1 atom stereocenters. The quantitative estimate of drug-likeness (QED) is 0.704. The lowest BCUT2D eigenvalue weighted by Gasteiger charge is -2.44. The Bertz CT molecular complexity index is 963. The number of nitrogens with zero attached hydrogens (tertiary/aromatic N) is 2. The third kappa shape index (κ3) is 3.81. The number of benzene rings is 2. The Morgan fingerprint density at radius 1 is 1.10 bits per heavy atom. The van der Waals surface area contributed by atoms with Crippen molar-refractivity contribution in [3.05, 3.63) is 57.6 Å². The first-order chi connectivity index (χ1) is 14.0. The molecular weight excluding hydrogens is 409 g/mol. The Morgan fingerprint density at radius 2 is 1.93 bits per heavy atom. The minimum Gasteiger partial charge on any atom is -0.351 e. The molecule has 152 valence electrons. The number of hydrogen-bond donors (Lipinski definition) is 1. The van der Waals surface area contributed by atoms with Gasteiger partial charge in [0.25, 0.3) is 11.8 Å². The highest BCUT2D eigenvalue weighted by atomic mass is 35.5. The summed E-state index contributed by atoms with van der Waals surface area (Å²) < 4.78 is 0. The van der Waals surface area contributed by atoms with Crippen molar-refractivity contribution in [1.29, 1.82) is 0 Å². The van der Waals surface area contributed by atoms with Gasteiger partial charge in [-0.1, -0.05) is 29.6 Å². The number of fused-ring (bicyclic) bond motifs is 2. The van der Waals surface area contributed by atoms with Crippen LogP contribution < -0.4 is 10.2 Å². The van der Waals surface area contributed by atoms with Crippen molar-refractivity contribution in [3.63, 3.8) is 0 Å². The molecule has 2 aliphatic rings. The average molecular weight is 432 g/mol. The second-order valence-electron chi connectivity index (χ2n) is 7.43. The molecule has 7 heteroatoms. The van der Waals surface area contributed by atoms with E-state index in [4.69, 9.17) is 23.2 Å². The minimum atomic E-state index is -0.252. The summed E-state index contributed by atoms with van der Waals surface area (Å²) in [6.45, 7) is 3.66. The van der Waals surface area contributed by atoms with Gasteiger partial charge in [-0.15, -0.1) is 0 Å². The first kappa shape index (κ1) is 20.0. The van der Waals surface area contributed by atoms with Crippen LogP contribution in [0.1, 0.15) is 53.3 Å². The van der Waals surface area contributed by atoms with Gasteiger partial charge in [-0.05, 0) is 62.6 Å². The zero-order valence-corrected chi connectivity index (χ0v) is 17.8. The first-order valence-electron chi connectivity index (χ1n) is 9.97. The van der Waals surface area contributed by atoms with Gasteiger partial charge in [0.2, 0.25) is 0 Å². The summed E-state index contributed by atoms with van der Waals surface area (Å²) in [6.07, 6.45) is 4.32. The van der Waals surface area contributed by atoms with Crippen LogP contribution in [-0.4, -0.2) is 36.0 Å². The Morgan fingerprint density at radius 3 is 2.69 bits per heavy atom. The van der Waals surface area contributed by atoms with Gasteiger partial charge >= 0.3 is 0 Å². The third-order valence-electron chi connectivity index (χ3n) is 5.66. The van der Waals surface area contributed by atoms with Gasteiger partial charge in [0.15, 0.2) is 0 Å². The Balaban J connectivity index is 1.65. The number of hydrogen-bond acceptors (Lipinski definition) is 3. The summed E-state index contributed by atoms with van der Waals surface area (Å²) in [5.74, 6) is -0.189. The largest absolute Gasteiger partial charge is 0.351 e. The van der Waals surface area contributed by atoms with E-state index in [1.165, 1.54) is 0 Å². The molecule has 0 aromatic heterocycles. The van der Waals surface area contributed by atoms with Gasteiger partial charge in [0.05, 0.1) is 21.3 Å². The smallest absolute Gasteiger partial charge is 0.257 e. The van der Waals surface area contributed by atoms with Crippen LogP contribution in [0.4, 0.5) is 11.4 Å². The number of halogens is 2. The highest BCUT2D eigenvalue weighted by Crippen LogP contribution is 2.35. The molecule has 0 saturated carbocycles. The molecule has 2 aromatic carbocycles. The van der Waals surface area contributed by atoms with Gasteiger partial charge in [-0.2, -0.15) is 0 Å². The Kier molecular flexibility index (Phi) is 5.70. The average Bonchev–Trinajstić information content (AvgIpc) is 2.97. The molecule has 2 amide bonds. The van der Waals surface area contributed by atoms with Crippen LogP contribution in [0.25, 0.3) is 0 Å². The van der Waals surface area contributed by atoms with Gasteiger partial charge in [0, 0.05) is 24.3 Å². The molecule has 5 nitrogen and oxygen atoms in total. The van der Waals surface area contributed by atoms with Crippen molar-refractivity contribution >= 4 is 46.4 Å². The van der Waals surface area contributed by atoms with E-state index in [-0.39, 0.29) is 18.0 Å². The first-order valence-corrected chi connectivity index (χ1v) is 10.7. The third-order valence-corrected chi connectivity index (χ3v) is 6.40. The lowest BCUT2D eigenvalue weighted by molar-refractivity contribution is 0.0656. The monoisotopic (exact) mass is 431 g/mol. The van der Waals surface area contributed by atoms with Crippen molar-refractivity contribution in [2.45, 2.75) is 38.8 Å². The predicted molar refractivity (Wildman–Crippen MR) is 117 cm³/mol. The van der Waals surface area contributed by atoms with Crippen molar-refractivity contribution < 1.29 is 9.59 Å². The van der Waals surface area contributed by atoms with Crippen LogP contribution in [0.2, 0.25) is 10.0 Å². The maximum absolute atomic E-state index is 13.1. The fourth-order valence-corrected chi connectivity index (χ4v) is 4.51. The van der Waals surface area contributed by atoms with Gasteiger partial charge < -0.3 is 15.1 Å². The highest BCUT2D eigenvalue weighted by Gasteiger charge is 2.37. The molecule has 1 saturated heterocycles. The van der Waals surface area contributed by atoms with Gasteiger partial charge in [0.1, 0.15) is 6.17 Å². The second kappa shape index (κ2) is 8.25. The molecule has 1 N–H and O–H groups in total. The normalized spacial score (nSPS) is 18.7. The molecule has 0 spiro atoms. The number of rotatable bonds is 3. The minimum absolute atomic E-state index is 0.0630. The summed E-state index contributed by atoms with van der Waals surface area (Å²) in [5.41, 5.74) is 2.57. The number of anilines is 2. The van der Waals surface area contributed by atoms with E-state index >= 15 is 0 Å². The molecule has 2 aliphatic heterocycles. The molecule has 0 bridgehead atoms. The fourth-order valence-electron chi connectivity index (χ4n) is 4.22. The summed E-state index contributed by atoms with van der Waals surface area (Å²) in [6, 6.07) is 10.3. The Labute approximate surface area is 180 Å². The molecule has 0 radical (unpaired) electrons. The van der Waals surface area contributed by atoms with Gasteiger partial charge in [-0.3, -0.25) is 9.59 Å². The summed E-state index contributed by atoms with van der Waals surface area (Å²) in [4.78, 5) is 30.1. The zero-order chi connectivity index (χ0) is 20.5. The van der Waals surface area contributed by atoms with Crippen LogP contribution in [0.5, 0.6) is 0 Å². The van der Waals surface area contributed by atoms with Crippen molar-refractivity contribution in [3.8, 4) is 0 Å². The molecule has 1 fully saturated rings. The lowest BCUT2D eigenvalue weighted by Crippen LogP contribution is -2.55. The summed E-state index contributed by atoms with van der Waals surface area (Å²) >= 11 is 12.0. The van der Waals surface area contributed by atoms with E-state index in [1.54, 1.807) is 30.3 Å². The van der Waals surface area contributed by atoms with Crippen LogP contribution in [0, 0.1) is 0 Å². The number of nitrogens with one attached hydrogen (secondary N) is 1. The van der Waals surface area contributed by atoms with Gasteiger partial charge in [-0.25, -0.2) is 0 Å². The number of carbonyl (C=O) groups is 2. The topological polar surface area (TPSA) is 52.7 Å². The zero-order valence-electron chi connectivity index (χ0n) is 16.3. The SMILES string of the molecule is CCN1c2cc(C(=O)Nc3ccc(Cl)c(Cl)c3)ccc2C(=O)N2CCCCCC21. The summed E-state index contributed by atoms with van der Waals surface area (Å²) in [7, 11) is 0. The lowest BCUT2D eigenvalue weighted by atomic mass is 10.0. The molecule has 2 aromatic rings. The van der Waals surface area contributed by atoms with Crippen molar-refractivity contribution in [2.75, 3.05) is 23.3 Å². The van der Waals surface area contributed by atoms with Crippen LogP contribution >= 0.6 is 23.2 Å². The van der Waals surface area contributed by atoms with Crippen molar-refractivity contribution in [2.24, 2.45) is 0 Å².